The Hall–Kier alpha value is -0.930. The summed E-state index contributed by atoms with van der Waals surface area (Å²) < 4.78 is 0. The SMILES string of the molecule is CCCCCNCCN(CC)Cc1ccccn1. The van der Waals surface area contributed by atoms with Gasteiger partial charge in [-0.15, -0.1) is 0 Å². The number of nitrogens with one attached hydrogen (secondary N) is 1. The van der Waals surface area contributed by atoms with Crippen molar-refractivity contribution in [2.75, 3.05) is 26.2 Å². The van der Waals surface area contributed by atoms with Gasteiger partial charge in [-0.25, -0.2) is 0 Å². The Morgan fingerprint density at radius 3 is 2.72 bits per heavy atom. The third-order valence-electron chi connectivity index (χ3n) is 3.12. The normalized spacial score (nSPS) is 11.1. The highest BCUT2D eigenvalue weighted by Crippen LogP contribution is 2.00. The number of hydrogen-bond donors (Lipinski definition) is 1. The number of rotatable bonds is 10. The topological polar surface area (TPSA) is 28.2 Å². The predicted octanol–water partition coefficient (Wildman–Crippen LogP) is 2.68. The van der Waals surface area contributed by atoms with Crippen LogP contribution in [0.25, 0.3) is 0 Å². The molecule has 1 aromatic heterocycles. The minimum Gasteiger partial charge on any atom is -0.315 e. The third kappa shape index (κ3) is 6.72. The van der Waals surface area contributed by atoms with Gasteiger partial charge in [-0.1, -0.05) is 32.8 Å². The Morgan fingerprint density at radius 2 is 2.06 bits per heavy atom. The number of pyridine rings is 1. The predicted molar refractivity (Wildman–Crippen MR) is 77.6 cm³/mol. The molecule has 102 valence electrons. The van der Waals surface area contributed by atoms with E-state index in [0.29, 0.717) is 0 Å². The summed E-state index contributed by atoms with van der Waals surface area (Å²) in [4.78, 5) is 6.80. The quantitative estimate of drug-likeness (QED) is 0.646. The van der Waals surface area contributed by atoms with Gasteiger partial charge < -0.3 is 5.32 Å². The van der Waals surface area contributed by atoms with Crippen LogP contribution < -0.4 is 5.32 Å². The molecule has 3 heteroatoms. The summed E-state index contributed by atoms with van der Waals surface area (Å²) in [6.07, 6.45) is 5.79. The molecule has 3 nitrogen and oxygen atoms in total. The molecule has 0 spiro atoms. The Balaban J connectivity index is 2.14. The molecule has 0 saturated carbocycles. The standard InChI is InChI=1S/C15H27N3/c1-3-5-7-10-16-12-13-18(4-2)14-15-9-6-8-11-17-15/h6,8-9,11,16H,3-5,7,10,12-14H2,1-2H3. The first-order valence-electron chi connectivity index (χ1n) is 7.19. The maximum atomic E-state index is 4.37. The van der Waals surface area contributed by atoms with Crippen LogP contribution >= 0.6 is 0 Å². The molecule has 1 rings (SSSR count). The maximum Gasteiger partial charge on any atom is 0.0543 e. The van der Waals surface area contributed by atoms with Crippen LogP contribution in [0.5, 0.6) is 0 Å². The molecule has 0 aliphatic rings. The summed E-state index contributed by atoms with van der Waals surface area (Å²) in [5.41, 5.74) is 1.16. The van der Waals surface area contributed by atoms with E-state index in [0.717, 1.165) is 38.4 Å². The van der Waals surface area contributed by atoms with Crippen molar-refractivity contribution >= 4 is 0 Å². The molecule has 18 heavy (non-hydrogen) atoms. The van der Waals surface area contributed by atoms with Crippen molar-refractivity contribution in [2.45, 2.75) is 39.7 Å². The number of likely N-dealkylation sites (N-methyl/N-ethyl adjacent to an activating group) is 1. The Kier molecular flexibility index (Phi) is 8.43. The van der Waals surface area contributed by atoms with Crippen LogP contribution in [0, 0.1) is 0 Å². The highest BCUT2D eigenvalue weighted by molar-refractivity contribution is 5.03. The molecule has 0 aromatic carbocycles. The van der Waals surface area contributed by atoms with Gasteiger partial charge in [-0.05, 0) is 31.6 Å². The molecule has 1 N–H and O–H groups in total. The second kappa shape index (κ2) is 10.0. The lowest BCUT2D eigenvalue weighted by atomic mass is 10.2. The molecule has 0 atom stereocenters. The fraction of sp³-hybridized carbons (Fsp3) is 0.667. The molecule has 0 radical (unpaired) electrons. The second-order valence-corrected chi connectivity index (χ2v) is 4.65. The molecule has 0 bridgehead atoms. The highest BCUT2D eigenvalue weighted by Gasteiger charge is 2.03. The molecule has 0 aliphatic carbocycles. The minimum atomic E-state index is 0.952. The van der Waals surface area contributed by atoms with Crippen LogP contribution in [-0.4, -0.2) is 36.1 Å². The summed E-state index contributed by atoms with van der Waals surface area (Å²) in [6.45, 7) is 9.80. The van der Waals surface area contributed by atoms with Crippen LogP contribution in [0.4, 0.5) is 0 Å². The number of hydrogen-bond acceptors (Lipinski definition) is 3. The van der Waals surface area contributed by atoms with Crippen LogP contribution in [0.3, 0.4) is 0 Å². The summed E-state index contributed by atoms with van der Waals surface area (Å²) in [5.74, 6) is 0. The van der Waals surface area contributed by atoms with Gasteiger partial charge in [-0.2, -0.15) is 0 Å². The van der Waals surface area contributed by atoms with Gasteiger partial charge in [0.25, 0.3) is 0 Å². The van der Waals surface area contributed by atoms with Crippen molar-refractivity contribution in [1.82, 2.24) is 15.2 Å². The van der Waals surface area contributed by atoms with Gasteiger partial charge in [0.15, 0.2) is 0 Å². The lowest BCUT2D eigenvalue weighted by molar-refractivity contribution is 0.276. The van der Waals surface area contributed by atoms with E-state index in [1.807, 2.05) is 12.3 Å². The number of nitrogens with zero attached hydrogens (tertiary/aromatic N) is 2. The Bertz CT molecular complexity index is 287. The zero-order chi connectivity index (χ0) is 13.1. The van der Waals surface area contributed by atoms with Gasteiger partial charge in [-0.3, -0.25) is 9.88 Å². The molecule has 1 heterocycles. The smallest absolute Gasteiger partial charge is 0.0543 e. The first-order chi connectivity index (χ1) is 8.86. The summed E-state index contributed by atoms with van der Waals surface area (Å²) in [7, 11) is 0. The van der Waals surface area contributed by atoms with Crippen molar-refractivity contribution in [1.29, 1.82) is 0 Å². The third-order valence-corrected chi connectivity index (χ3v) is 3.12. The summed E-state index contributed by atoms with van der Waals surface area (Å²) >= 11 is 0. The van der Waals surface area contributed by atoms with Crippen molar-refractivity contribution in [2.24, 2.45) is 0 Å². The molecule has 0 saturated heterocycles. The molecule has 1 aromatic rings. The van der Waals surface area contributed by atoms with Gasteiger partial charge in [0, 0.05) is 25.8 Å². The number of aromatic nitrogens is 1. The molecule has 0 fully saturated rings. The van der Waals surface area contributed by atoms with Gasteiger partial charge in [0.1, 0.15) is 0 Å². The molecular formula is C15H27N3. The van der Waals surface area contributed by atoms with Crippen LogP contribution in [0.15, 0.2) is 24.4 Å². The second-order valence-electron chi connectivity index (χ2n) is 4.65. The molecule has 0 aliphatic heterocycles. The first-order valence-corrected chi connectivity index (χ1v) is 7.19. The van der Waals surface area contributed by atoms with Crippen LogP contribution in [-0.2, 0) is 6.54 Å². The molecule has 0 amide bonds. The van der Waals surface area contributed by atoms with E-state index < -0.39 is 0 Å². The number of unbranched alkanes of at least 4 members (excludes halogenated alkanes) is 2. The lowest BCUT2D eigenvalue weighted by Crippen LogP contribution is -2.32. The van der Waals surface area contributed by atoms with Crippen molar-refractivity contribution in [3.63, 3.8) is 0 Å². The molecular weight excluding hydrogens is 222 g/mol. The fourth-order valence-corrected chi connectivity index (χ4v) is 1.93. The first kappa shape index (κ1) is 15.1. The van der Waals surface area contributed by atoms with E-state index in [9.17, 15) is 0 Å². The fourth-order valence-electron chi connectivity index (χ4n) is 1.93. The Morgan fingerprint density at radius 1 is 1.17 bits per heavy atom. The average molecular weight is 249 g/mol. The van der Waals surface area contributed by atoms with E-state index >= 15 is 0 Å². The van der Waals surface area contributed by atoms with E-state index in [-0.39, 0.29) is 0 Å². The average Bonchev–Trinajstić information content (AvgIpc) is 2.42. The van der Waals surface area contributed by atoms with Crippen LogP contribution in [0.1, 0.15) is 38.8 Å². The zero-order valence-electron chi connectivity index (χ0n) is 11.9. The van der Waals surface area contributed by atoms with Gasteiger partial charge in [0.2, 0.25) is 0 Å². The largest absolute Gasteiger partial charge is 0.315 e. The van der Waals surface area contributed by atoms with E-state index in [4.69, 9.17) is 0 Å². The summed E-state index contributed by atoms with van der Waals surface area (Å²) in [5, 5.41) is 3.51. The van der Waals surface area contributed by atoms with Crippen molar-refractivity contribution in [3.05, 3.63) is 30.1 Å². The van der Waals surface area contributed by atoms with Crippen molar-refractivity contribution < 1.29 is 0 Å². The summed E-state index contributed by atoms with van der Waals surface area (Å²) in [6, 6.07) is 6.12. The van der Waals surface area contributed by atoms with Gasteiger partial charge >= 0.3 is 0 Å². The lowest BCUT2D eigenvalue weighted by Gasteiger charge is -2.20. The van der Waals surface area contributed by atoms with Crippen molar-refractivity contribution in [3.8, 4) is 0 Å². The minimum absolute atomic E-state index is 0.952. The molecule has 0 unspecified atom stereocenters. The zero-order valence-corrected chi connectivity index (χ0v) is 11.9. The van der Waals surface area contributed by atoms with E-state index in [2.05, 4.69) is 41.2 Å². The van der Waals surface area contributed by atoms with E-state index in [1.165, 1.54) is 19.3 Å². The van der Waals surface area contributed by atoms with E-state index in [1.54, 1.807) is 0 Å². The Labute approximate surface area is 112 Å². The maximum absolute atomic E-state index is 4.37. The van der Waals surface area contributed by atoms with Crippen LogP contribution in [0.2, 0.25) is 0 Å². The monoisotopic (exact) mass is 249 g/mol. The van der Waals surface area contributed by atoms with Gasteiger partial charge in [0.05, 0.1) is 5.69 Å². The highest BCUT2D eigenvalue weighted by atomic mass is 15.1.